The molecule has 0 radical (unpaired) electrons. The monoisotopic (exact) mass is 354 g/mol. The summed E-state index contributed by atoms with van der Waals surface area (Å²) >= 11 is 0. The van der Waals surface area contributed by atoms with Gasteiger partial charge in [-0.3, -0.25) is 9.89 Å². The molecule has 0 fully saturated rings. The number of aryl methyl sites for hydroxylation is 3. The van der Waals surface area contributed by atoms with E-state index in [0.717, 1.165) is 33.6 Å². The second-order valence-electron chi connectivity index (χ2n) is 6.97. The molecule has 0 saturated carbocycles. The van der Waals surface area contributed by atoms with Gasteiger partial charge in [-0.15, -0.1) is 0 Å². The number of nitrogens with one attached hydrogen (secondary N) is 1. The minimum Gasteiger partial charge on any atom is -0.290 e. The van der Waals surface area contributed by atoms with E-state index in [-0.39, 0.29) is 5.56 Å². The second kappa shape index (κ2) is 6.76. The predicted molar refractivity (Wildman–Crippen MR) is 111 cm³/mol. The highest BCUT2D eigenvalue weighted by Crippen LogP contribution is 2.31. The molecule has 0 bridgehead atoms. The molecular weight excluding hydrogens is 332 g/mol. The lowest BCUT2D eigenvalue weighted by Gasteiger charge is -2.07. The van der Waals surface area contributed by atoms with Crippen molar-refractivity contribution in [3.63, 3.8) is 0 Å². The Morgan fingerprint density at radius 1 is 0.741 bits per heavy atom. The van der Waals surface area contributed by atoms with E-state index in [1.165, 1.54) is 5.56 Å². The van der Waals surface area contributed by atoms with Crippen molar-refractivity contribution in [1.82, 2.24) is 9.78 Å². The number of para-hydroxylation sites is 1. The van der Waals surface area contributed by atoms with Gasteiger partial charge < -0.3 is 0 Å². The molecule has 0 aliphatic carbocycles. The summed E-state index contributed by atoms with van der Waals surface area (Å²) in [7, 11) is 0. The van der Waals surface area contributed by atoms with Gasteiger partial charge in [0.15, 0.2) is 0 Å². The third-order valence-corrected chi connectivity index (χ3v) is 5.00. The van der Waals surface area contributed by atoms with Crippen molar-refractivity contribution in [2.24, 2.45) is 0 Å². The number of aromatic amines is 1. The molecule has 4 aromatic rings. The van der Waals surface area contributed by atoms with Crippen molar-refractivity contribution in [2.45, 2.75) is 20.8 Å². The van der Waals surface area contributed by atoms with Crippen LogP contribution in [0.4, 0.5) is 0 Å². The molecule has 0 atom stereocenters. The van der Waals surface area contributed by atoms with Crippen LogP contribution in [0.25, 0.3) is 28.1 Å². The number of hydrogen-bond acceptors (Lipinski definition) is 1. The number of rotatable bonds is 3. The molecule has 3 nitrogen and oxygen atoms in total. The molecule has 1 aromatic heterocycles. The molecule has 0 saturated heterocycles. The standard InChI is InChI=1S/C24H22N2O/c1-16-12-14-19(15-13-16)22-23(20-10-6-4-8-17(20)2)25-26(24(22)27)21-11-7-5-9-18(21)3/h4-15,25H,1-3H3. The summed E-state index contributed by atoms with van der Waals surface area (Å²) in [6.07, 6.45) is 0. The first-order chi connectivity index (χ1) is 13.1. The molecule has 4 rings (SSSR count). The van der Waals surface area contributed by atoms with Gasteiger partial charge in [-0.2, -0.15) is 0 Å². The van der Waals surface area contributed by atoms with Gasteiger partial charge in [0.25, 0.3) is 5.56 Å². The van der Waals surface area contributed by atoms with Crippen LogP contribution < -0.4 is 5.56 Å². The fraction of sp³-hybridized carbons (Fsp3) is 0.125. The molecule has 0 amide bonds. The minimum absolute atomic E-state index is 0.0357. The number of H-pyrrole nitrogens is 1. The molecular formula is C24H22N2O. The molecule has 3 heteroatoms. The van der Waals surface area contributed by atoms with E-state index in [1.807, 2.05) is 67.6 Å². The summed E-state index contributed by atoms with van der Waals surface area (Å²) in [5.41, 5.74) is 7.70. The molecule has 0 unspecified atom stereocenters. The van der Waals surface area contributed by atoms with E-state index in [9.17, 15) is 4.79 Å². The van der Waals surface area contributed by atoms with Crippen LogP contribution in [0.1, 0.15) is 16.7 Å². The summed E-state index contributed by atoms with van der Waals surface area (Å²) in [6, 6.07) is 24.2. The lowest BCUT2D eigenvalue weighted by Crippen LogP contribution is -2.16. The van der Waals surface area contributed by atoms with E-state index in [2.05, 4.69) is 31.1 Å². The van der Waals surface area contributed by atoms with E-state index >= 15 is 0 Å². The number of benzene rings is 3. The Kier molecular flexibility index (Phi) is 4.28. The van der Waals surface area contributed by atoms with Crippen LogP contribution in [0.2, 0.25) is 0 Å². The highest BCUT2D eigenvalue weighted by Gasteiger charge is 2.20. The quantitative estimate of drug-likeness (QED) is 0.524. The highest BCUT2D eigenvalue weighted by molar-refractivity contribution is 5.82. The Hall–Kier alpha value is -3.33. The van der Waals surface area contributed by atoms with Crippen LogP contribution in [0, 0.1) is 20.8 Å². The number of hydrogen-bond donors (Lipinski definition) is 1. The van der Waals surface area contributed by atoms with Crippen molar-refractivity contribution in [3.8, 4) is 28.1 Å². The fourth-order valence-corrected chi connectivity index (χ4v) is 3.46. The number of nitrogens with zero attached hydrogens (tertiary/aromatic N) is 1. The largest absolute Gasteiger partial charge is 0.290 e. The fourth-order valence-electron chi connectivity index (χ4n) is 3.46. The average molecular weight is 354 g/mol. The van der Waals surface area contributed by atoms with Crippen LogP contribution >= 0.6 is 0 Å². The van der Waals surface area contributed by atoms with Gasteiger partial charge >= 0.3 is 0 Å². The van der Waals surface area contributed by atoms with E-state index < -0.39 is 0 Å². The van der Waals surface area contributed by atoms with Crippen LogP contribution in [-0.2, 0) is 0 Å². The van der Waals surface area contributed by atoms with Gasteiger partial charge in [-0.25, -0.2) is 4.68 Å². The van der Waals surface area contributed by atoms with Crippen molar-refractivity contribution in [1.29, 1.82) is 0 Å². The third kappa shape index (κ3) is 3.02. The highest BCUT2D eigenvalue weighted by atomic mass is 16.1. The van der Waals surface area contributed by atoms with E-state index in [1.54, 1.807) is 4.68 Å². The molecule has 0 aliphatic rings. The van der Waals surface area contributed by atoms with Crippen LogP contribution in [-0.4, -0.2) is 9.78 Å². The Morgan fingerprint density at radius 3 is 2.04 bits per heavy atom. The second-order valence-corrected chi connectivity index (χ2v) is 6.97. The maximum atomic E-state index is 13.4. The van der Waals surface area contributed by atoms with Gasteiger partial charge in [-0.05, 0) is 43.5 Å². The Morgan fingerprint density at radius 2 is 1.37 bits per heavy atom. The maximum Gasteiger partial charge on any atom is 0.279 e. The lowest BCUT2D eigenvalue weighted by molar-refractivity contribution is 0.845. The normalized spacial score (nSPS) is 10.9. The van der Waals surface area contributed by atoms with Crippen molar-refractivity contribution >= 4 is 0 Å². The first kappa shape index (κ1) is 17.1. The van der Waals surface area contributed by atoms with Crippen LogP contribution in [0.3, 0.4) is 0 Å². The summed E-state index contributed by atoms with van der Waals surface area (Å²) in [6.45, 7) is 6.13. The zero-order chi connectivity index (χ0) is 19.0. The Balaban J connectivity index is 2.04. The smallest absolute Gasteiger partial charge is 0.279 e. The summed E-state index contributed by atoms with van der Waals surface area (Å²) in [4.78, 5) is 13.4. The van der Waals surface area contributed by atoms with E-state index in [0.29, 0.717) is 5.56 Å². The van der Waals surface area contributed by atoms with Gasteiger partial charge in [0.2, 0.25) is 0 Å². The molecule has 3 aromatic carbocycles. The van der Waals surface area contributed by atoms with Crippen molar-refractivity contribution in [3.05, 3.63) is 99.8 Å². The zero-order valence-electron chi connectivity index (χ0n) is 15.8. The Labute approximate surface area is 158 Å². The molecule has 0 aliphatic heterocycles. The maximum absolute atomic E-state index is 13.4. The SMILES string of the molecule is Cc1ccc(-c2c(-c3ccccc3C)[nH]n(-c3ccccc3C)c2=O)cc1. The van der Waals surface area contributed by atoms with Crippen molar-refractivity contribution < 1.29 is 0 Å². The molecule has 27 heavy (non-hydrogen) atoms. The first-order valence-corrected chi connectivity index (χ1v) is 9.10. The predicted octanol–water partition coefficient (Wildman–Crippen LogP) is 5.42. The molecule has 134 valence electrons. The van der Waals surface area contributed by atoms with Crippen LogP contribution in [0.5, 0.6) is 0 Å². The molecule has 1 heterocycles. The summed E-state index contributed by atoms with van der Waals surface area (Å²) in [5.74, 6) is 0. The zero-order valence-corrected chi connectivity index (χ0v) is 15.8. The van der Waals surface area contributed by atoms with Crippen LogP contribution in [0.15, 0.2) is 77.6 Å². The van der Waals surface area contributed by atoms with E-state index in [4.69, 9.17) is 0 Å². The third-order valence-electron chi connectivity index (χ3n) is 5.00. The molecule has 0 spiro atoms. The van der Waals surface area contributed by atoms with Gasteiger partial charge in [-0.1, -0.05) is 72.3 Å². The topological polar surface area (TPSA) is 37.8 Å². The summed E-state index contributed by atoms with van der Waals surface area (Å²) < 4.78 is 1.66. The Bertz CT molecular complexity index is 1160. The van der Waals surface area contributed by atoms with Gasteiger partial charge in [0, 0.05) is 5.56 Å². The van der Waals surface area contributed by atoms with Crippen molar-refractivity contribution in [2.75, 3.05) is 0 Å². The molecule has 1 N–H and O–H groups in total. The summed E-state index contributed by atoms with van der Waals surface area (Å²) in [5, 5.41) is 3.38. The first-order valence-electron chi connectivity index (χ1n) is 9.10. The van der Waals surface area contributed by atoms with Gasteiger partial charge in [0.05, 0.1) is 16.9 Å². The average Bonchev–Trinajstić information content (AvgIpc) is 3.00. The van der Waals surface area contributed by atoms with Gasteiger partial charge in [0.1, 0.15) is 0 Å². The number of aromatic nitrogens is 2. The lowest BCUT2D eigenvalue weighted by atomic mass is 9.98. The minimum atomic E-state index is -0.0357.